The molecular weight excluding hydrogens is 530 g/mol. The number of hydrogen-bond donors (Lipinski definition) is 1. The second-order valence-corrected chi connectivity index (χ2v) is 12.6. The lowest BCUT2D eigenvalue weighted by Gasteiger charge is -2.33. The Morgan fingerprint density at radius 2 is 1.77 bits per heavy atom. The molecule has 1 saturated carbocycles. The zero-order valence-corrected chi connectivity index (χ0v) is 24.5. The third-order valence-corrected chi connectivity index (χ3v) is 8.93. The van der Waals surface area contributed by atoms with Crippen LogP contribution >= 0.6 is 0 Å². The summed E-state index contributed by atoms with van der Waals surface area (Å²) in [5, 5.41) is 3.20. The van der Waals surface area contributed by atoms with Gasteiger partial charge in [0.05, 0.1) is 11.9 Å². The number of rotatable bonds is 12. The van der Waals surface area contributed by atoms with Crippen LogP contribution in [0.15, 0.2) is 42.5 Å². The molecule has 2 amide bonds. The van der Waals surface area contributed by atoms with Crippen molar-refractivity contribution in [2.24, 2.45) is 0 Å². The molecule has 1 heterocycles. The quantitative estimate of drug-likeness (QED) is 0.402. The van der Waals surface area contributed by atoms with Crippen LogP contribution in [0.5, 0.6) is 11.5 Å². The Hall–Kier alpha value is -3.27. The van der Waals surface area contributed by atoms with E-state index in [-0.39, 0.29) is 37.6 Å². The first kappa shape index (κ1) is 29.7. The van der Waals surface area contributed by atoms with E-state index in [1.807, 2.05) is 38.1 Å². The van der Waals surface area contributed by atoms with E-state index in [1.54, 1.807) is 23.1 Å². The average molecular weight is 572 g/mol. The van der Waals surface area contributed by atoms with E-state index in [0.29, 0.717) is 36.6 Å². The third-order valence-electron chi connectivity index (χ3n) is 7.74. The molecule has 2 aliphatic rings. The number of nitrogens with one attached hydrogen (secondary N) is 1. The van der Waals surface area contributed by atoms with Crippen molar-refractivity contribution in [1.82, 2.24) is 10.2 Å². The number of amides is 2. The van der Waals surface area contributed by atoms with Crippen LogP contribution in [0.1, 0.15) is 69.4 Å². The van der Waals surface area contributed by atoms with Gasteiger partial charge in [0.2, 0.25) is 28.6 Å². The summed E-state index contributed by atoms with van der Waals surface area (Å²) in [7, 11) is -3.61. The Bertz CT molecular complexity index is 1290. The molecule has 10 heteroatoms. The average Bonchev–Trinajstić information content (AvgIpc) is 3.40. The molecule has 40 heavy (non-hydrogen) atoms. The molecule has 2 aromatic carbocycles. The molecule has 0 aromatic heterocycles. The van der Waals surface area contributed by atoms with Gasteiger partial charge in [-0.3, -0.25) is 13.9 Å². The van der Waals surface area contributed by atoms with E-state index in [2.05, 4.69) is 5.32 Å². The maximum absolute atomic E-state index is 13.7. The van der Waals surface area contributed by atoms with Crippen LogP contribution in [-0.2, 0) is 26.2 Å². The molecule has 0 bridgehead atoms. The molecule has 1 fully saturated rings. The molecule has 1 unspecified atom stereocenters. The molecule has 0 saturated heterocycles. The van der Waals surface area contributed by atoms with Gasteiger partial charge in [-0.2, -0.15) is 0 Å². The van der Waals surface area contributed by atoms with E-state index in [9.17, 15) is 18.0 Å². The summed E-state index contributed by atoms with van der Waals surface area (Å²) in [5.41, 5.74) is 2.49. The molecule has 4 rings (SSSR count). The Morgan fingerprint density at radius 1 is 1.05 bits per heavy atom. The smallest absolute Gasteiger partial charge is 0.243 e. The molecule has 0 spiro atoms. The van der Waals surface area contributed by atoms with Gasteiger partial charge in [-0.05, 0) is 55.9 Å². The first-order chi connectivity index (χ1) is 19.2. The van der Waals surface area contributed by atoms with Crippen molar-refractivity contribution in [1.29, 1.82) is 0 Å². The summed E-state index contributed by atoms with van der Waals surface area (Å²) in [6, 6.07) is 12.4. The highest BCUT2D eigenvalue weighted by atomic mass is 32.2. The normalized spacial score (nSPS) is 15.9. The van der Waals surface area contributed by atoms with Gasteiger partial charge in [0, 0.05) is 31.6 Å². The van der Waals surface area contributed by atoms with Crippen molar-refractivity contribution in [2.45, 2.75) is 83.8 Å². The zero-order valence-electron chi connectivity index (χ0n) is 23.7. The summed E-state index contributed by atoms with van der Waals surface area (Å²) in [4.78, 5) is 28.8. The van der Waals surface area contributed by atoms with Crippen LogP contribution in [0.3, 0.4) is 0 Å². The van der Waals surface area contributed by atoms with Crippen molar-refractivity contribution in [2.75, 3.05) is 23.9 Å². The van der Waals surface area contributed by atoms with E-state index in [4.69, 9.17) is 9.47 Å². The van der Waals surface area contributed by atoms with Crippen LogP contribution in [-0.4, -0.2) is 56.8 Å². The lowest BCUT2D eigenvalue weighted by molar-refractivity contribution is -0.141. The van der Waals surface area contributed by atoms with Crippen LogP contribution in [0.4, 0.5) is 5.69 Å². The minimum absolute atomic E-state index is 0.0931. The molecule has 9 nitrogen and oxygen atoms in total. The van der Waals surface area contributed by atoms with Crippen LogP contribution in [0.25, 0.3) is 0 Å². The Labute approximate surface area is 237 Å². The predicted octanol–water partition coefficient (Wildman–Crippen LogP) is 4.53. The minimum atomic E-state index is -3.61. The van der Waals surface area contributed by atoms with Gasteiger partial charge >= 0.3 is 0 Å². The van der Waals surface area contributed by atoms with Crippen LogP contribution in [0.2, 0.25) is 0 Å². The zero-order chi connectivity index (χ0) is 28.7. The number of anilines is 1. The van der Waals surface area contributed by atoms with Crippen molar-refractivity contribution in [3.8, 4) is 11.5 Å². The predicted molar refractivity (Wildman–Crippen MR) is 155 cm³/mol. The SMILES string of the molecule is CCC(C(=O)NC1CCCCC1)N(Cc1ccccc1C)C(=O)CCCN(c1ccc2c(c1)OCO2)S(C)(=O)=O. The largest absolute Gasteiger partial charge is 0.454 e. The second-order valence-electron chi connectivity index (χ2n) is 10.7. The van der Waals surface area contributed by atoms with Crippen molar-refractivity contribution in [3.05, 3.63) is 53.6 Å². The fourth-order valence-corrected chi connectivity index (χ4v) is 6.44. The second kappa shape index (κ2) is 13.4. The lowest BCUT2D eigenvalue weighted by atomic mass is 9.95. The van der Waals surface area contributed by atoms with Gasteiger partial charge in [0.15, 0.2) is 11.5 Å². The van der Waals surface area contributed by atoms with Gasteiger partial charge in [0.25, 0.3) is 0 Å². The molecule has 218 valence electrons. The number of hydrogen-bond acceptors (Lipinski definition) is 6. The lowest BCUT2D eigenvalue weighted by Crippen LogP contribution is -2.51. The van der Waals surface area contributed by atoms with E-state index >= 15 is 0 Å². The number of nitrogens with zero attached hydrogens (tertiary/aromatic N) is 2. The molecule has 0 radical (unpaired) electrons. The Kier molecular flexibility index (Phi) is 9.95. The Balaban J connectivity index is 1.48. The van der Waals surface area contributed by atoms with Crippen molar-refractivity contribution < 1.29 is 27.5 Å². The highest BCUT2D eigenvalue weighted by molar-refractivity contribution is 7.92. The van der Waals surface area contributed by atoms with Crippen LogP contribution in [0, 0.1) is 6.92 Å². The maximum atomic E-state index is 13.7. The summed E-state index contributed by atoms with van der Waals surface area (Å²) < 4.78 is 37.4. The number of carbonyl (C=O) groups excluding carboxylic acids is 2. The van der Waals surface area contributed by atoms with Gasteiger partial charge in [-0.15, -0.1) is 0 Å². The van der Waals surface area contributed by atoms with Crippen molar-refractivity contribution >= 4 is 27.5 Å². The standard InChI is InChI=1S/C30H41N3O6S/c1-4-26(30(35)31-24-13-6-5-7-14-24)32(20-23-12-9-8-11-22(23)2)29(34)15-10-18-33(40(3,36)37)25-16-17-27-28(19-25)39-21-38-27/h8-9,11-12,16-17,19,24,26H,4-7,10,13-15,18,20-21H2,1-3H3,(H,31,35). The van der Waals surface area contributed by atoms with Gasteiger partial charge < -0.3 is 19.7 Å². The summed E-state index contributed by atoms with van der Waals surface area (Å²) in [6.07, 6.45) is 7.38. The maximum Gasteiger partial charge on any atom is 0.243 e. The number of fused-ring (bicyclic) bond motifs is 1. The number of sulfonamides is 1. The number of benzene rings is 2. The van der Waals surface area contributed by atoms with E-state index in [1.165, 1.54) is 10.7 Å². The van der Waals surface area contributed by atoms with Gasteiger partial charge in [0.1, 0.15) is 6.04 Å². The minimum Gasteiger partial charge on any atom is -0.454 e. The Morgan fingerprint density at radius 3 is 2.48 bits per heavy atom. The molecule has 1 aliphatic heterocycles. The number of ether oxygens (including phenoxy) is 2. The number of carbonyl (C=O) groups is 2. The summed E-state index contributed by atoms with van der Waals surface area (Å²) in [5.74, 6) is 0.764. The van der Waals surface area contributed by atoms with E-state index < -0.39 is 16.1 Å². The fourth-order valence-electron chi connectivity index (χ4n) is 5.48. The van der Waals surface area contributed by atoms with E-state index in [0.717, 1.165) is 43.1 Å². The molecular formula is C30H41N3O6S. The highest BCUT2D eigenvalue weighted by Gasteiger charge is 2.31. The third kappa shape index (κ3) is 7.47. The first-order valence-corrected chi connectivity index (χ1v) is 16.0. The van der Waals surface area contributed by atoms with Crippen molar-refractivity contribution in [3.63, 3.8) is 0 Å². The molecule has 2 aromatic rings. The van der Waals surface area contributed by atoms with Gasteiger partial charge in [-0.25, -0.2) is 8.42 Å². The number of aryl methyl sites for hydroxylation is 1. The molecule has 1 aliphatic carbocycles. The monoisotopic (exact) mass is 571 g/mol. The van der Waals surface area contributed by atoms with Crippen LogP contribution < -0.4 is 19.1 Å². The summed E-state index contributed by atoms with van der Waals surface area (Å²) >= 11 is 0. The molecule has 1 atom stereocenters. The van der Waals surface area contributed by atoms with Gasteiger partial charge in [-0.1, -0.05) is 50.5 Å². The highest BCUT2D eigenvalue weighted by Crippen LogP contribution is 2.36. The fraction of sp³-hybridized carbons (Fsp3) is 0.533. The topological polar surface area (TPSA) is 105 Å². The first-order valence-electron chi connectivity index (χ1n) is 14.2. The molecule has 1 N–H and O–H groups in total. The summed E-state index contributed by atoms with van der Waals surface area (Å²) in [6.45, 7) is 4.45.